The lowest BCUT2D eigenvalue weighted by molar-refractivity contribution is 0.603. The predicted molar refractivity (Wildman–Crippen MR) is 89.7 cm³/mol. The molecule has 0 heterocycles. The van der Waals surface area contributed by atoms with E-state index in [-0.39, 0.29) is 0 Å². The van der Waals surface area contributed by atoms with E-state index in [2.05, 4.69) is 26.0 Å². The number of halogens is 2. The van der Waals surface area contributed by atoms with E-state index in [1.807, 2.05) is 24.3 Å². The normalized spacial score (nSPS) is 11.2. The number of rotatable bonds is 5. The summed E-state index contributed by atoms with van der Waals surface area (Å²) in [6, 6.07) is 12.4. The minimum atomic E-state index is -3.78. The van der Waals surface area contributed by atoms with E-state index in [1.165, 1.54) is 0 Å². The second-order valence-electron chi connectivity index (χ2n) is 4.32. The largest absolute Gasteiger partial charge is 0.381 e. The second-order valence-corrected chi connectivity index (χ2v) is 6.93. The lowest BCUT2D eigenvalue weighted by atomic mass is 10.2. The highest BCUT2D eigenvalue weighted by Crippen LogP contribution is 2.23. The topological polar surface area (TPSA) is 84.2 Å². The lowest BCUT2D eigenvalue weighted by Crippen LogP contribution is -2.21. The Morgan fingerprint density at radius 1 is 1.14 bits per heavy atom. The minimum Gasteiger partial charge on any atom is -0.381 e. The zero-order chi connectivity index (χ0) is 15.5. The molecule has 0 aliphatic carbocycles. The molecule has 2 rings (SSSR count). The van der Waals surface area contributed by atoms with Gasteiger partial charge in [-0.2, -0.15) is 8.42 Å². The molecule has 2 aromatic rings. The molecule has 8 heteroatoms. The fourth-order valence-corrected chi connectivity index (χ4v) is 2.78. The van der Waals surface area contributed by atoms with Crippen LogP contribution < -0.4 is 15.2 Å². The van der Waals surface area contributed by atoms with Crippen LogP contribution in [0.4, 0.5) is 11.4 Å². The first-order valence-corrected chi connectivity index (χ1v) is 8.63. The summed E-state index contributed by atoms with van der Waals surface area (Å²) in [4.78, 5) is 0. The molecule has 0 atom stereocenters. The summed E-state index contributed by atoms with van der Waals surface area (Å²) in [6.07, 6.45) is 0. The van der Waals surface area contributed by atoms with Gasteiger partial charge in [0.1, 0.15) is 0 Å². The van der Waals surface area contributed by atoms with E-state index in [0.29, 0.717) is 17.3 Å². The van der Waals surface area contributed by atoms with Crippen molar-refractivity contribution in [2.24, 2.45) is 5.14 Å². The average Bonchev–Trinajstić information content (AvgIpc) is 2.38. The SMILES string of the molecule is NS(=O)(=O)Nc1cccc(NCc2cc(Br)ccc2Cl)c1. The minimum absolute atomic E-state index is 0.392. The zero-order valence-corrected chi connectivity index (χ0v) is 14.0. The number of hydrogen-bond acceptors (Lipinski definition) is 3. The molecule has 0 saturated heterocycles. The van der Waals surface area contributed by atoms with Crippen LogP contribution in [-0.4, -0.2) is 8.42 Å². The molecule has 0 aromatic heterocycles. The van der Waals surface area contributed by atoms with Crippen LogP contribution in [0.1, 0.15) is 5.56 Å². The van der Waals surface area contributed by atoms with Crippen LogP contribution in [0.2, 0.25) is 5.02 Å². The van der Waals surface area contributed by atoms with Crippen molar-refractivity contribution < 1.29 is 8.42 Å². The quantitative estimate of drug-likeness (QED) is 0.732. The number of nitrogens with two attached hydrogens (primary N) is 1. The van der Waals surface area contributed by atoms with Gasteiger partial charge in [-0.25, -0.2) is 5.14 Å². The number of benzene rings is 2. The van der Waals surface area contributed by atoms with Gasteiger partial charge in [0.05, 0.1) is 5.69 Å². The Morgan fingerprint density at radius 3 is 2.57 bits per heavy atom. The first kappa shape index (κ1) is 16.1. The molecule has 0 bridgehead atoms. The van der Waals surface area contributed by atoms with Crippen LogP contribution in [0.25, 0.3) is 0 Å². The monoisotopic (exact) mass is 389 g/mol. The maximum Gasteiger partial charge on any atom is 0.296 e. The Bertz CT molecular complexity index is 753. The number of nitrogens with one attached hydrogen (secondary N) is 2. The Balaban J connectivity index is 2.10. The fourth-order valence-electron chi connectivity index (χ4n) is 1.73. The summed E-state index contributed by atoms with van der Waals surface area (Å²) in [5.41, 5.74) is 2.07. The van der Waals surface area contributed by atoms with E-state index < -0.39 is 10.2 Å². The van der Waals surface area contributed by atoms with Gasteiger partial charge in [-0.3, -0.25) is 4.72 Å². The zero-order valence-electron chi connectivity index (χ0n) is 10.8. The molecule has 0 saturated carbocycles. The van der Waals surface area contributed by atoms with Gasteiger partial charge >= 0.3 is 0 Å². The van der Waals surface area contributed by atoms with Crippen molar-refractivity contribution in [1.82, 2.24) is 0 Å². The predicted octanol–water partition coefficient (Wildman–Crippen LogP) is 3.33. The van der Waals surface area contributed by atoms with Crippen molar-refractivity contribution in [2.75, 3.05) is 10.0 Å². The molecule has 0 radical (unpaired) electrons. The van der Waals surface area contributed by atoms with Gasteiger partial charge in [0.2, 0.25) is 0 Å². The van der Waals surface area contributed by atoms with Gasteiger partial charge < -0.3 is 5.32 Å². The van der Waals surface area contributed by atoms with Crippen molar-refractivity contribution in [3.63, 3.8) is 0 Å². The third kappa shape index (κ3) is 5.20. The number of anilines is 2. The van der Waals surface area contributed by atoms with Crippen LogP contribution in [0.15, 0.2) is 46.9 Å². The molecule has 21 heavy (non-hydrogen) atoms. The lowest BCUT2D eigenvalue weighted by Gasteiger charge is -2.10. The molecule has 112 valence electrons. The van der Waals surface area contributed by atoms with Crippen molar-refractivity contribution in [2.45, 2.75) is 6.54 Å². The van der Waals surface area contributed by atoms with Gasteiger partial charge in [0.25, 0.3) is 10.2 Å². The molecular formula is C13H13BrClN3O2S. The van der Waals surface area contributed by atoms with Crippen LogP contribution in [-0.2, 0) is 16.8 Å². The molecule has 2 aromatic carbocycles. The summed E-state index contributed by atoms with van der Waals surface area (Å²) >= 11 is 9.50. The summed E-state index contributed by atoms with van der Waals surface area (Å²) in [6.45, 7) is 0.511. The molecule has 0 aliphatic rings. The van der Waals surface area contributed by atoms with Crippen LogP contribution in [0, 0.1) is 0 Å². The Hall–Kier alpha value is -1.28. The van der Waals surface area contributed by atoms with Gasteiger partial charge in [-0.15, -0.1) is 0 Å². The second kappa shape index (κ2) is 6.65. The molecule has 0 spiro atoms. The fraction of sp³-hybridized carbons (Fsp3) is 0.0769. The standard InChI is InChI=1S/C13H13BrClN3O2S/c14-10-4-5-13(15)9(6-10)8-17-11-2-1-3-12(7-11)18-21(16,19)20/h1-7,17-18H,8H2,(H2,16,19,20). The Labute approximate surface area is 136 Å². The third-order valence-corrected chi connectivity index (χ3v) is 4.00. The van der Waals surface area contributed by atoms with E-state index in [4.69, 9.17) is 16.7 Å². The van der Waals surface area contributed by atoms with Crippen molar-refractivity contribution in [1.29, 1.82) is 0 Å². The molecule has 0 fully saturated rings. The molecule has 0 amide bonds. The van der Waals surface area contributed by atoms with Crippen LogP contribution in [0.3, 0.4) is 0 Å². The van der Waals surface area contributed by atoms with Gasteiger partial charge in [-0.05, 0) is 42.0 Å². The maximum absolute atomic E-state index is 11.0. The van der Waals surface area contributed by atoms with Gasteiger partial charge in [-0.1, -0.05) is 33.6 Å². The molecule has 0 aliphatic heterocycles. The molecular weight excluding hydrogens is 378 g/mol. The summed E-state index contributed by atoms with van der Waals surface area (Å²) in [5.74, 6) is 0. The van der Waals surface area contributed by atoms with Crippen molar-refractivity contribution in [3.05, 3.63) is 57.5 Å². The Kier molecular flexibility index (Phi) is 5.10. The highest BCUT2D eigenvalue weighted by Gasteiger charge is 2.04. The van der Waals surface area contributed by atoms with Gasteiger partial charge in [0, 0.05) is 21.7 Å². The third-order valence-electron chi connectivity index (χ3n) is 2.61. The average molecular weight is 391 g/mol. The molecule has 5 nitrogen and oxygen atoms in total. The smallest absolute Gasteiger partial charge is 0.296 e. The Morgan fingerprint density at radius 2 is 1.86 bits per heavy atom. The van der Waals surface area contributed by atoms with Crippen molar-refractivity contribution in [3.8, 4) is 0 Å². The van der Waals surface area contributed by atoms with Gasteiger partial charge in [0.15, 0.2) is 0 Å². The van der Waals surface area contributed by atoms with E-state index >= 15 is 0 Å². The van der Waals surface area contributed by atoms with E-state index in [0.717, 1.165) is 15.7 Å². The summed E-state index contributed by atoms with van der Waals surface area (Å²) in [7, 11) is -3.78. The first-order chi connectivity index (χ1) is 9.83. The highest BCUT2D eigenvalue weighted by molar-refractivity contribution is 9.10. The molecule has 0 unspecified atom stereocenters. The highest BCUT2D eigenvalue weighted by atomic mass is 79.9. The van der Waals surface area contributed by atoms with Crippen molar-refractivity contribution >= 4 is 49.1 Å². The van der Waals surface area contributed by atoms with Crippen LogP contribution in [0.5, 0.6) is 0 Å². The number of hydrogen-bond donors (Lipinski definition) is 3. The maximum atomic E-state index is 11.0. The van der Waals surface area contributed by atoms with E-state index in [9.17, 15) is 8.42 Å². The van der Waals surface area contributed by atoms with E-state index in [1.54, 1.807) is 18.2 Å². The van der Waals surface area contributed by atoms with Crippen LogP contribution >= 0.6 is 27.5 Å². The summed E-state index contributed by atoms with van der Waals surface area (Å²) < 4.78 is 25.1. The molecule has 4 N–H and O–H groups in total. The summed E-state index contributed by atoms with van der Waals surface area (Å²) in [5, 5.41) is 8.77. The first-order valence-electron chi connectivity index (χ1n) is 5.92.